The number of anilines is 1. The summed E-state index contributed by atoms with van der Waals surface area (Å²) >= 11 is 14.0. The third-order valence-electron chi connectivity index (χ3n) is 8.98. The van der Waals surface area contributed by atoms with E-state index in [1.165, 1.54) is 24.3 Å². The normalized spacial score (nSPS) is 31.5. The summed E-state index contributed by atoms with van der Waals surface area (Å²) in [4.78, 5) is 51.8. The highest BCUT2D eigenvalue weighted by atomic mass is 35.5. The fraction of sp³-hybridized carbons (Fsp3) is 0.357. The zero-order chi connectivity index (χ0) is 32.1. The second kappa shape index (κ2) is 9.96. The van der Waals surface area contributed by atoms with Crippen molar-refractivity contribution in [3.05, 3.63) is 59.7 Å². The molecule has 230 valence electrons. The van der Waals surface area contributed by atoms with Gasteiger partial charge in [-0.05, 0) is 54.6 Å². The molecule has 3 N–H and O–H groups in total. The molecule has 0 bridgehead atoms. The van der Waals surface area contributed by atoms with Crippen LogP contribution in [0.3, 0.4) is 0 Å². The summed E-state index contributed by atoms with van der Waals surface area (Å²) in [6.07, 6.45) is -3.97. The highest BCUT2D eigenvalue weighted by Gasteiger charge is 2.76. The molecule has 2 aromatic carbocycles. The Labute approximate surface area is 257 Å². The predicted octanol–water partition coefficient (Wildman–Crippen LogP) is 2.16. The summed E-state index contributed by atoms with van der Waals surface area (Å²) in [5.74, 6) is -9.06. The molecule has 2 aliphatic carbocycles. The number of phenols is 1. The molecule has 0 unspecified atom stereocenters. The van der Waals surface area contributed by atoms with Gasteiger partial charge in [-0.2, -0.15) is 0 Å². The molecule has 10 nitrogen and oxygen atoms in total. The first-order valence-electron chi connectivity index (χ1n) is 13.3. The van der Waals surface area contributed by atoms with Crippen LogP contribution in [0.2, 0.25) is 0 Å². The number of ether oxygens (including phenoxy) is 1. The molecular weight excluding hydrogens is 631 g/mol. The topological polar surface area (TPSA) is 145 Å². The molecule has 4 aliphatic rings. The summed E-state index contributed by atoms with van der Waals surface area (Å²) in [7, 11) is -0.731. The number of hydrogen-bond donors (Lipinski definition) is 3. The van der Waals surface area contributed by atoms with Crippen LogP contribution in [-0.4, -0.2) is 74.0 Å². The van der Waals surface area contributed by atoms with Crippen LogP contribution < -0.4 is 15.1 Å². The van der Waals surface area contributed by atoms with Gasteiger partial charge < -0.3 is 19.9 Å². The molecule has 0 aromatic heterocycles. The van der Waals surface area contributed by atoms with Crippen LogP contribution in [0.5, 0.6) is 11.5 Å². The molecule has 0 spiro atoms. The molecule has 44 heavy (non-hydrogen) atoms. The number of imide groups is 2. The zero-order valence-electron chi connectivity index (χ0n) is 22.6. The lowest BCUT2D eigenvalue weighted by molar-refractivity contribution is -0.274. The molecule has 1 saturated carbocycles. The average molecular weight is 653 g/mol. The van der Waals surface area contributed by atoms with Gasteiger partial charge in [0.15, 0.2) is 9.75 Å². The number of alkyl halides is 5. The molecule has 2 aromatic rings. The molecule has 2 saturated heterocycles. The van der Waals surface area contributed by atoms with Crippen LogP contribution in [0, 0.1) is 17.8 Å². The standard InChI is InChI=1S/C28H22BCl2F3N2O8/c1-35-24(40)26(30)11-18-15(21(27(26,31)25(35)41)17-10-14(5-8-19(17)37)44-28(32,33)34)6-7-16-20(18)23(39)36(22(16)38)13-4-2-3-12(9-13)29(42)43/h2-6,8-10,16,18,20-21,37,42-43H,7,11H2,1H3/t16-,18+,20-,21+,26+,27-/m0/s1. The Kier molecular flexibility index (Phi) is 6.89. The molecule has 3 fully saturated rings. The van der Waals surface area contributed by atoms with Crippen molar-refractivity contribution < 1.29 is 52.2 Å². The van der Waals surface area contributed by atoms with Gasteiger partial charge in [0.2, 0.25) is 11.8 Å². The molecule has 4 amide bonds. The van der Waals surface area contributed by atoms with E-state index in [2.05, 4.69) is 4.74 Å². The molecular formula is C28H22BCl2F3N2O8. The number of phenolic OH excluding ortho intramolecular Hbond substituents is 1. The van der Waals surface area contributed by atoms with E-state index in [0.717, 1.165) is 30.1 Å². The third kappa shape index (κ3) is 4.18. The Bertz CT molecular complexity index is 1670. The largest absolute Gasteiger partial charge is 0.573 e. The van der Waals surface area contributed by atoms with Crippen molar-refractivity contribution >= 4 is 65.1 Å². The molecule has 2 aliphatic heterocycles. The van der Waals surface area contributed by atoms with Crippen molar-refractivity contribution in [2.45, 2.75) is 34.9 Å². The second-order valence-corrected chi connectivity index (χ2v) is 12.5. The number of allylic oxidation sites excluding steroid dienone is 2. The van der Waals surface area contributed by atoms with E-state index in [9.17, 15) is 47.5 Å². The van der Waals surface area contributed by atoms with Crippen molar-refractivity contribution in [1.29, 1.82) is 0 Å². The van der Waals surface area contributed by atoms with Gasteiger partial charge in [-0.15, -0.1) is 36.4 Å². The van der Waals surface area contributed by atoms with Gasteiger partial charge in [-0.1, -0.05) is 23.8 Å². The van der Waals surface area contributed by atoms with Crippen LogP contribution in [0.25, 0.3) is 0 Å². The highest BCUT2D eigenvalue weighted by Crippen LogP contribution is 2.66. The van der Waals surface area contributed by atoms with E-state index in [1.54, 1.807) is 6.08 Å². The predicted molar refractivity (Wildman–Crippen MR) is 149 cm³/mol. The van der Waals surface area contributed by atoms with Crippen molar-refractivity contribution in [2.75, 3.05) is 11.9 Å². The summed E-state index contributed by atoms with van der Waals surface area (Å²) in [5, 5.41) is 30.1. The number of nitrogens with zero attached hydrogens (tertiary/aromatic N) is 2. The number of benzene rings is 2. The van der Waals surface area contributed by atoms with Gasteiger partial charge in [-0.3, -0.25) is 29.0 Å². The van der Waals surface area contributed by atoms with Gasteiger partial charge in [-0.25, -0.2) is 0 Å². The van der Waals surface area contributed by atoms with Gasteiger partial charge >= 0.3 is 13.5 Å². The third-order valence-corrected chi connectivity index (χ3v) is 10.4. The smallest absolute Gasteiger partial charge is 0.508 e. The first-order chi connectivity index (χ1) is 20.5. The first-order valence-corrected chi connectivity index (χ1v) is 14.1. The summed E-state index contributed by atoms with van der Waals surface area (Å²) in [6, 6.07) is 8.14. The SMILES string of the molecule is CN1C(=O)[C@]2(Cl)C[C@@H]3C(=CC[C@@H]4C(=O)N(c5cccc(B(O)O)c5)C(=O)[C@@H]43)[C@H](c3cc(OC(F)(F)F)ccc3O)[C@]2(Cl)C1=O. The first kappa shape index (κ1) is 30.4. The Morgan fingerprint density at radius 1 is 1.00 bits per heavy atom. The average Bonchev–Trinajstić information content (AvgIpc) is 3.28. The maximum absolute atomic E-state index is 14.0. The zero-order valence-corrected chi connectivity index (χ0v) is 24.1. The van der Waals surface area contributed by atoms with E-state index in [4.69, 9.17) is 23.2 Å². The van der Waals surface area contributed by atoms with Crippen LogP contribution in [0.4, 0.5) is 18.9 Å². The fourth-order valence-electron chi connectivity index (χ4n) is 7.13. The molecule has 6 atom stereocenters. The van der Waals surface area contributed by atoms with Crippen molar-refractivity contribution in [1.82, 2.24) is 4.90 Å². The number of likely N-dealkylation sites (tertiary alicyclic amines) is 1. The number of carbonyl (C=O) groups excluding carboxylic acids is 4. The lowest BCUT2D eigenvalue weighted by Gasteiger charge is -2.50. The van der Waals surface area contributed by atoms with Crippen molar-refractivity contribution in [3.63, 3.8) is 0 Å². The minimum absolute atomic E-state index is 0.0238. The minimum Gasteiger partial charge on any atom is -0.508 e. The number of amides is 4. The summed E-state index contributed by atoms with van der Waals surface area (Å²) < 4.78 is 43.4. The lowest BCUT2D eigenvalue weighted by Crippen LogP contribution is -2.60. The summed E-state index contributed by atoms with van der Waals surface area (Å²) in [6.45, 7) is 0. The Balaban J connectivity index is 1.51. The van der Waals surface area contributed by atoms with Gasteiger partial charge in [0, 0.05) is 18.5 Å². The Hall–Kier alpha value is -3.59. The van der Waals surface area contributed by atoms with Crippen molar-refractivity contribution in [3.8, 4) is 11.5 Å². The van der Waals surface area contributed by atoms with E-state index in [1.807, 2.05) is 0 Å². The number of aromatic hydroxyl groups is 1. The van der Waals surface area contributed by atoms with E-state index in [0.29, 0.717) is 4.90 Å². The quantitative estimate of drug-likeness (QED) is 0.197. The minimum atomic E-state index is -5.10. The van der Waals surface area contributed by atoms with Gasteiger partial charge in [0.25, 0.3) is 11.8 Å². The van der Waals surface area contributed by atoms with Crippen LogP contribution in [-0.2, 0) is 19.2 Å². The van der Waals surface area contributed by atoms with E-state index in [-0.39, 0.29) is 35.1 Å². The Morgan fingerprint density at radius 3 is 2.36 bits per heavy atom. The van der Waals surface area contributed by atoms with Crippen LogP contribution >= 0.6 is 23.2 Å². The Morgan fingerprint density at radius 2 is 1.70 bits per heavy atom. The van der Waals surface area contributed by atoms with Crippen molar-refractivity contribution in [2.24, 2.45) is 17.8 Å². The number of carbonyl (C=O) groups is 4. The molecule has 6 rings (SSSR count). The summed E-state index contributed by atoms with van der Waals surface area (Å²) in [5.41, 5.74) is 0.0465. The van der Waals surface area contributed by atoms with Gasteiger partial charge in [0.05, 0.1) is 17.5 Å². The number of halogens is 5. The highest BCUT2D eigenvalue weighted by molar-refractivity contribution is 6.58. The lowest BCUT2D eigenvalue weighted by atomic mass is 9.56. The molecule has 2 heterocycles. The van der Waals surface area contributed by atoms with E-state index < -0.39 is 82.0 Å². The number of hydrogen-bond acceptors (Lipinski definition) is 8. The monoisotopic (exact) mass is 652 g/mol. The molecule has 16 heteroatoms. The molecule has 0 radical (unpaired) electrons. The van der Waals surface area contributed by atoms with Crippen LogP contribution in [0.15, 0.2) is 54.1 Å². The second-order valence-electron chi connectivity index (χ2n) is 11.2. The number of fused-ring (bicyclic) bond motifs is 4. The van der Waals surface area contributed by atoms with Gasteiger partial charge in [0.1, 0.15) is 11.5 Å². The fourth-order valence-corrected chi connectivity index (χ4v) is 8.14. The van der Waals surface area contributed by atoms with E-state index >= 15 is 0 Å². The maximum atomic E-state index is 14.0. The maximum Gasteiger partial charge on any atom is 0.573 e. The number of rotatable bonds is 4. The van der Waals surface area contributed by atoms with Crippen LogP contribution in [0.1, 0.15) is 24.3 Å².